The molecule has 2 heterocycles. The molecule has 106 heavy (non-hydrogen) atoms. The molecule has 10 rings (SSSR count). The first-order chi connectivity index (χ1) is 51.5. The van der Waals surface area contributed by atoms with Crippen LogP contribution in [0.4, 0.5) is 0 Å². The van der Waals surface area contributed by atoms with Gasteiger partial charge in [0.1, 0.15) is 36.3 Å². The Bertz CT molecular complexity index is 4410. The van der Waals surface area contributed by atoms with Crippen LogP contribution < -0.4 is 42.5 Å². The van der Waals surface area contributed by atoms with Crippen molar-refractivity contribution in [3.8, 4) is 11.4 Å². The van der Waals surface area contributed by atoms with E-state index in [0.717, 1.165) is 43.8 Å². The van der Waals surface area contributed by atoms with Crippen LogP contribution in [-0.4, -0.2) is 129 Å². The van der Waals surface area contributed by atoms with Crippen molar-refractivity contribution in [1.82, 2.24) is 52.5 Å². The number of carbonyl (C=O) groups is 10. The van der Waals surface area contributed by atoms with Crippen LogP contribution in [0.5, 0.6) is 0 Å². The van der Waals surface area contributed by atoms with Crippen molar-refractivity contribution < 1.29 is 58.2 Å². The summed E-state index contributed by atoms with van der Waals surface area (Å²) in [6, 6.07) is 61.8. The van der Waals surface area contributed by atoms with Gasteiger partial charge in [-0.25, -0.2) is 9.59 Å². The molecular formula is C84H84N10O12. The Morgan fingerprint density at radius 1 is 0.302 bits per heavy atom. The molecule has 0 saturated carbocycles. The number of nitrogens with zero attached hydrogens (tertiary/aromatic N) is 2. The van der Waals surface area contributed by atoms with Crippen LogP contribution in [0.15, 0.2) is 243 Å². The number of benzene rings is 8. The molecule has 0 bridgehead atoms. The zero-order valence-electron chi connectivity index (χ0n) is 58.3. The van der Waals surface area contributed by atoms with Crippen molar-refractivity contribution in [3.63, 3.8) is 0 Å². The molecule has 0 radical (unpaired) electrons. The number of aromatic nitrogens is 2. The van der Waals surface area contributed by atoms with Crippen LogP contribution in [-0.2, 0) is 76.9 Å². The first-order valence-electron chi connectivity index (χ1n) is 35.3. The topological polar surface area (TPSA) is 333 Å². The van der Waals surface area contributed by atoms with E-state index in [-0.39, 0.29) is 99.8 Å². The Morgan fingerprint density at radius 3 is 0.934 bits per heavy atom. The lowest BCUT2D eigenvalue weighted by molar-refractivity contribution is -0.143. The minimum Gasteiger partial charge on any atom is -0.480 e. The summed E-state index contributed by atoms with van der Waals surface area (Å²) in [6.45, 7) is 0.281. The van der Waals surface area contributed by atoms with Gasteiger partial charge in [0.05, 0.1) is 24.2 Å². The number of nitrogens with one attached hydrogen (secondary N) is 8. The van der Waals surface area contributed by atoms with E-state index < -0.39 is 95.4 Å². The standard InChI is InChI=1S/C84H84N10O12/c95-75(51-59-35-37-61-29-13-15-31-63(61)45-59)89-71(47-55-21-5-1-6-22-55)79(99)93-73(49-57-25-9-3-10-26-57)81(101)91-67(83(103)104)33-17-19-41-87-77(97)65-39-43-85-69(53-65)70-54-66(40-44-86-70)78(98)88-42-20-18-34-68(84(105)106)92-82(102)74(50-58-27-11-4-12-28-58)94-80(100)72(48-56-23-7-2-8-24-56)90-76(96)52-60-36-38-62-30-14-16-32-64(62)46-60/h1-16,21-32,35-40,43-46,53-54,67-68,71-74H,17-20,33-34,41-42,47-52H2,(H,87,97)(H,88,98)(H,89,95)(H,90,96)(H,91,101)(H,92,102)(H,93,99)(H,94,100)(H,103,104)(H,105,106)/t67-,68-,71-,72-,73-,74-/m0/s1. The number of unbranched alkanes of at least 4 members (excludes halogenated alkanes) is 2. The maximum atomic E-state index is 14.3. The van der Waals surface area contributed by atoms with Crippen molar-refractivity contribution in [1.29, 1.82) is 0 Å². The van der Waals surface area contributed by atoms with Gasteiger partial charge in [0.25, 0.3) is 11.8 Å². The van der Waals surface area contributed by atoms with Gasteiger partial charge in [0.2, 0.25) is 35.4 Å². The van der Waals surface area contributed by atoms with E-state index in [9.17, 15) is 58.2 Å². The van der Waals surface area contributed by atoms with Crippen LogP contribution in [0, 0.1) is 0 Å². The normalized spacial score (nSPS) is 12.7. The Hall–Kier alpha value is -12.7. The van der Waals surface area contributed by atoms with E-state index >= 15 is 0 Å². The molecule has 22 nitrogen and oxygen atoms in total. The maximum Gasteiger partial charge on any atom is 0.326 e. The largest absolute Gasteiger partial charge is 0.480 e. The summed E-state index contributed by atoms with van der Waals surface area (Å²) in [5, 5.41) is 47.0. The van der Waals surface area contributed by atoms with Crippen LogP contribution in [0.1, 0.15) is 92.6 Å². The van der Waals surface area contributed by atoms with Gasteiger partial charge in [0, 0.05) is 62.3 Å². The zero-order valence-corrected chi connectivity index (χ0v) is 58.3. The predicted molar refractivity (Wildman–Crippen MR) is 403 cm³/mol. The molecule has 10 N–H and O–H groups in total. The fraction of sp³-hybridized carbons (Fsp3) is 0.238. The van der Waals surface area contributed by atoms with Crippen LogP contribution in [0.2, 0.25) is 0 Å². The molecule has 0 unspecified atom stereocenters. The zero-order chi connectivity index (χ0) is 74.6. The molecule has 22 heteroatoms. The van der Waals surface area contributed by atoms with E-state index in [0.29, 0.717) is 24.0 Å². The fourth-order valence-electron chi connectivity index (χ4n) is 12.4. The Labute approximate surface area is 613 Å². The van der Waals surface area contributed by atoms with Crippen molar-refractivity contribution in [2.24, 2.45) is 0 Å². The fourth-order valence-corrected chi connectivity index (χ4v) is 12.4. The summed E-state index contributed by atoms with van der Waals surface area (Å²) in [5.41, 5.74) is 5.46. The highest BCUT2D eigenvalue weighted by molar-refractivity contribution is 5.98. The lowest BCUT2D eigenvalue weighted by Crippen LogP contribution is -2.57. The second-order valence-corrected chi connectivity index (χ2v) is 26.0. The lowest BCUT2D eigenvalue weighted by Gasteiger charge is -2.25. The van der Waals surface area contributed by atoms with Gasteiger partial charge in [-0.05, 0) is 118 Å². The summed E-state index contributed by atoms with van der Waals surface area (Å²) in [4.78, 5) is 145. The average molecular weight is 1430 g/mol. The quantitative estimate of drug-likeness (QED) is 0.0163. The minimum absolute atomic E-state index is 0.00448. The first-order valence-corrected chi connectivity index (χ1v) is 35.3. The highest BCUT2D eigenvalue weighted by Crippen LogP contribution is 2.21. The number of pyridine rings is 2. The van der Waals surface area contributed by atoms with E-state index in [2.05, 4.69) is 52.5 Å². The van der Waals surface area contributed by atoms with E-state index in [1.807, 2.05) is 146 Å². The van der Waals surface area contributed by atoms with Gasteiger partial charge in [-0.1, -0.05) is 206 Å². The third-order valence-corrected chi connectivity index (χ3v) is 18.0. The second-order valence-electron chi connectivity index (χ2n) is 26.0. The Balaban J connectivity index is 0.683. The third kappa shape index (κ3) is 23.1. The van der Waals surface area contributed by atoms with E-state index in [1.54, 1.807) is 60.7 Å². The summed E-state index contributed by atoms with van der Waals surface area (Å²) in [6.07, 6.45) is 4.27. The van der Waals surface area contributed by atoms with Gasteiger partial charge in [-0.15, -0.1) is 0 Å². The summed E-state index contributed by atoms with van der Waals surface area (Å²) in [7, 11) is 0. The molecule has 0 fully saturated rings. The number of hydrogen-bond donors (Lipinski definition) is 10. The average Bonchev–Trinajstić information content (AvgIpc) is 0.851. The number of aliphatic carboxylic acids is 2. The summed E-state index contributed by atoms with van der Waals surface area (Å²) < 4.78 is 0. The van der Waals surface area contributed by atoms with Gasteiger partial charge < -0.3 is 52.7 Å². The number of hydrogen-bond acceptors (Lipinski definition) is 12. The molecule has 6 atom stereocenters. The molecule has 542 valence electrons. The number of fused-ring (bicyclic) bond motifs is 2. The third-order valence-electron chi connectivity index (χ3n) is 18.0. The van der Waals surface area contributed by atoms with Gasteiger partial charge in [-0.2, -0.15) is 0 Å². The highest BCUT2D eigenvalue weighted by atomic mass is 16.4. The predicted octanol–water partition coefficient (Wildman–Crippen LogP) is 8.78. The molecule has 0 aliphatic carbocycles. The molecule has 2 aromatic heterocycles. The highest BCUT2D eigenvalue weighted by Gasteiger charge is 2.33. The monoisotopic (exact) mass is 1420 g/mol. The number of carbonyl (C=O) groups excluding carboxylic acids is 8. The molecule has 8 amide bonds. The Morgan fingerprint density at radius 2 is 0.604 bits per heavy atom. The number of rotatable bonds is 37. The van der Waals surface area contributed by atoms with Crippen molar-refractivity contribution in [2.75, 3.05) is 13.1 Å². The lowest BCUT2D eigenvalue weighted by atomic mass is 10.0. The summed E-state index contributed by atoms with van der Waals surface area (Å²) in [5.74, 6) is -7.06. The SMILES string of the molecule is O=C(Cc1ccc2ccccc2c1)N[C@@H](Cc1ccccc1)C(=O)N[C@@H](Cc1ccccc1)C(=O)N[C@@H](CCCCNC(=O)c1ccnc(-c2cc(C(=O)NCCCC[C@H](NC(=O)[C@H](Cc3ccccc3)NC(=O)[C@H](Cc3ccccc3)NC(=O)Cc3ccc4ccccc4c3)C(=O)O)ccn2)c1)C(=O)O. The number of carboxylic acid groups (broad SMARTS) is 2. The number of carboxylic acids is 2. The second kappa shape index (κ2) is 38.5. The van der Waals surface area contributed by atoms with Crippen molar-refractivity contribution in [2.45, 2.75) is 113 Å². The molecule has 0 aliphatic heterocycles. The summed E-state index contributed by atoms with van der Waals surface area (Å²) >= 11 is 0. The van der Waals surface area contributed by atoms with Crippen molar-refractivity contribution >= 4 is 80.7 Å². The van der Waals surface area contributed by atoms with Crippen LogP contribution in [0.25, 0.3) is 32.9 Å². The molecule has 0 saturated heterocycles. The van der Waals surface area contributed by atoms with Crippen molar-refractivity contribution in [3.05, 3.63) is 287 Å². The molecule has 8 aromatic carbocycles. The van der Waals surface area contributed by atoms with E-state index in [4.69, 9.17) is 0 Å². The van der Waals surface area contributed by atoms with Crippen LogP contribution in [0.3, 0.4) is 0 Å². The molecule has 0 aliphatic rings. The van der Waals surface area contributed by atoms with Gasteiger partial charge in [-0.3, -0.25) is 48.3 Å². The first kappa shape index (κ1) is 75.9. The van der Waals surface area contributed by atoms with E-state index in [1.165, 1.54) is 36.7 Å². The molecular weight excluding hydrogens is 1340 g/mol. The minimum atomic E-state index is -1.36. The van der Waals surface area contributed by atoms with Crippen LogP contribution >= 0.6 is 0 Å². The molecule has 0 spiro atoms. The van der Waals surface area contributed by atoms with Gasteiger partial charge in [0.15, 0.2) is 0 Å². The smallest absolute Gasteiger partial charge is 0.326 e. The van der Waals surface area contributed by atoms with Gasteiger partial charge >= 0.3 is 11.9 Å². The Kier molecular flexibility index (Phi) is 27.6. The molecule has 10 aromatic rings. The number of amides is 8. The maximum absolute atomic E-state index is 14.3.